The van der Waals surface area contributed by atoms with Crippen LogP contribution in [0.3, 0.4) is 0 Å². The number of amides is 2. The van der Waals surface area contributed by atoms with Gasteiger partial charge < -0.3 is 10.2 Å². The van der Waals surface area contributed by atoms with Crippen LogP contribution in [0.25, 0.3) is 0 Å². The van der Waals surface area contributed by atoms with E-state index in [0.717, 1.165) is 21.5 Å². The smallest absolute Gasteiger partial charge is 0.244 e. The lowest BCUT2D eigenvalue weighted by atomic mass is 10.1. The molecule has 35 heavy (non-hydrogen) atoms. The van der Waals surface area contributed by atoms with E-state index in [1.54, 1.807) is 49.4 Å². The molecular formula is C24H30BrCl2N3O4S. The molecule has 11 heteroatoms. The SMILES string of the molecule is CCC(C)NC(=O)C(CC)N(Cc1c(Cl)cccc1Cl)C(=O)CN(c1ccc(Br)cc1)S(C)(=O)=O. The molecule has 0 saturated heterocycles. The van der Waals surface area contributed by atoms with E-state index >= 15 is 0 Å². The number of benzene rings is 2. The molecule has 1 N–H and O–H groups in total. The van der Waals surface area contributed by atoms with Crippen LogP contribution in [0.15, 0.2) is 46.9 Å². The van der Waals surface area contributed by atoms with Gasteiger partial charge in [-0.3, -0.25) is 13.9 Å². The van der Waals surface area contributed by atoms with Crippen LogP contribution in [-0.4, -0.2) is 50.0 Å². The van der Waals surface area contributed by atoms with Crippen molar-refractivity contribution in [1.82, 2.24) is 10.2 Å². The van der Waals surface area contributed by atoms with Gasteiger partial charge in [-0.25, -0.2) is 8.42 Å². The summed E-state index contributed by atoms with van der Waals surface area (Å²) in [5.41, 5.74) is 0.811. The van der Waals surface area contributed by atoms with Crippen LogP contribution in [0, 0.1) is 0 Å². The fraction of sp³-hybridized carbons (Fsp3) is 0.417. The number of anilines is 1. The van der Waals surface area contributed by atoms with Gasteiger partial charge in [-0.2, -0.15) is 0 Å². The zero-order valence-corrected chi connectivity index (χ0v) is 24.0. The molecule has 0 aliphatic rings. The van der Waals surface area contributed by atoms with E-state index in [9.17, 15) is 18.0 Å². The minimum atomic E-state index is -3.81. The van der Waals surface area contributed by atoms with Crippen molar-refractivity contribution in [1.29, 1.82) is 0 Å². The zero-order chi connectivity index (χ0) is 26.3. The number of rotatable bonds is 11. The highest BCUT2D eigenvalue weighted by Gasteiger charge is 2.32. The average molecular weight is 607 g/mol. The van der Waals surface area contributed by atoms with Crippen molar-refractivity contribution in [3.05, 3.63) is 62.5 Å². The van der Waals surface area contributed by atoms with Crippen molar-refractivity contribution in [2.24, 2.45) is 0 Å². The summed E-state index contributed by atoms with van der Waals surface area (Å²) in [4.78, 5) is 28.2. The summed E-state index contributed by atoms with van der Waals surface area (Å²) in [6.07, 6.45) is 2.07. The third-order valence-corrected chi connectivity index (χ3v) is 7.95. The van der Waals surface area contributed by atoms with Gasteiger partial charge in [0.1, 0.15) is 12.6 Å². The molecule has 2 aromatic rings. The molecule has 0 aliphatic carbocycles. The molecule has 2 unspecified atom stereocenters. The van der Waals surface area contributed by atoms with E-state index in [1.165, 1.54) is 4.90 Å². The Morgan fingerprint density at radius 2 is 1.60 bits per heavy atom. The number of hydrogen-bond donors (Lipinski definition) is 1. The van der Waals surface area contributed by atoms with Gasteiger partial charge in [0.25, 0.3) is 0 Å². The highest BCUT2D eigenvalue weighted by Crippen LogP contribution is 2.28. The second-order valence-electron chi connectivity index (χ2n) is 8.21. The van der Waals surface area contributed by atoms with Crippen LogP contribution < -0.4 is 9.62 Å². The molecule has 0 aromatic heterocycles. The molecule has 2 rings (SSSR count). The first-order valence-electron chi connectivity index (χ1n) is 11.1. The second kappa shape index (κ2) is 12.9. The molecule has 0 radical (unpaired) electrons. The van der Waals surface area contributed by atoms with E-state index in [0.29, 0.717) is 27.7 Å². The quantitative estimate of drug-likeness (QED) is 0.379. The molecule has 0 spiro atoms. The number of sulfonamides is 1. The summed E-state index contributed by atoms with van der Waals surface area (Å²) >= 11 is 16.1. The van der Waals surface area contributed by atoms with Crippen molar-refractivity contribution in [2.45, 2.75) is 52.2 Å². The third kappa shape index (κ3) is 8.10. The molecule has 192 valence electrons. The minimum Gasteiger partial charge on any atom is -0.352 e. The first-order valence-corrected chi connectivity index (χ1v) is 14.5. The number of hydrogen-bond acceptors (Lipinski definition) is 4. The van der Waals surface area contributed by atoms with E-state index in [-0.39, 0.29) is 18.5 Å². The molecule has 0 bridgehead atoms. The topological polar surface area (TPSA) is 86.8 Å². The Bertz CT molecular complexity index is 1130. The highest BCUT2D eigenvalue weighted by atomic mass is 79.9. The average Bonchev–Trinajstić information content (AvgIpc) is 2.78. The largest absolute Gasteiger partial charge is 0.352 e. The molecule has 2 aromatic carbocycles. The number of carbonyl (C=O) groups excluding carboxylic acids is 2. The van der Waals surface area contributed by atoms with Crippen LogP contribution in [0.4, 0.5) is 5.69 Å². The fourth-order valence-corrected chi connectivity index (χ4v) is 5.07. The van der Waals surface area contributed by atoms with Gasteiger partial charge in [0.05, 0.1) is 11.9 Å². The Hall–Kier alpha value is -1.81. The molecule has 0 aliphatic heterocycles. The van der Waals surface area contributed by atoms with Gasteiger partial charge in [-0.15, -0.1) is 0 Å². The van der Waals surface area contributed by atoms with Crippen LogP contribution >= 0.6 is 39.1 Å². The Kier molecular flexibility index (Phi) is 10.9. The Balaban J connectivity index is 2.49. The van der Waals surface area contributed by atoms with Gasteiger partial charge in [-0.05, 0) is 56.2 Å². The molecule has 0 fully saturated rings. The predicted molar refractivity (Wildman–Crippen MR) is 145 cm³/mol. The van der Waals surface area contributed by atoms with Gasteiger partial charge in [0, 0.05) is 32.7 Å². The molecule has 0 heterocycles. The van der Waals surface area contributed by atoms with Crippen LogP contribution in [-0.2, 0) is 26.2 Å². The summed E-state index contributed by atoms with van der Waals surface area (Å²) in [6, 6.07) is 10.6. The Morgan fingerprint density at radius 3 is 2.09 bits per heavy atom. The Labute approximate surface area is 225 Å². The first-order chi connectivity index (χ1) is 16.4. The summed E-state index contributed by atoms with van der Waals surface area (Å²) in [7, 11) is -3.81. The minimum absolute atomic E-state index is 0.0539. The van der Waals surface area contributed by atoms with Gasteiger partial charge in [0.15, 0.2) is 0 Å². The summed E-state index contributed by atoms with van der Waals surface area (Å²) in [5, 5.41) is 3.61. The third-order valence-electron chi connectivity index (χ3n) is 5.57. The predicted octanol–water partition coefficient (Wildman–Crippen LogP) is 5.24. The van der Waals surface area contributed by atoms with E-state index < -0.39 is 28.5 Å². The van der Waals surface area contributed by atoms with E-state index in [2.05, 4.69) is 21.2 Å². The fourth-order valence-electron chi connectivity index (χ4n) is 3.44. The zero-order valence-electron chi connectivity index (χ0n) is 20.1. The lowest BCUT2D eigenvalue weighted by Crippen LogP contribution is -2.53. The van der Waals surface area contributed by atoms with Crippen LogP contribution in [0.1, 0.15) is 39.2 Å². The van der Waals surface area contributed by atoms with Gasteiger partial charge >= 0.3 is 0 Å². The lowest BCUT2D eigenvalue weighted by molar-refractivity contribution is -0.140. The molecule has 0 saturated carbocycles. The molecule has 2 amide bonds. The van der Waals surface area contributed by atoms with Crippen molar-refractivity contribution >= 4 is 66.7 Å². The van der Waals surface area contributed by atoms with Crippen molar-refractivity contribution in [2.75, 3.05) is 17.1 Å². The van der Waals surface area contributed by atoms with Crippen molar-refractivity contribution in [3.63, 3.8) is 0 Å². The lowest BCUT2D eigenvalue weighted by Gasteiger charge is -2.33. The van der Waals surface area contributed by atoms with Crippen molar-refractivity contribution in [3.8, 4) is 0 Å². The monoisotopic (exact) mass is 605 g/mol. The van der Waals surface area contributed by atoms with Crippen LogP contribution in [0.2, 0.25) is 10.0 Å². The maximum atomic E-state index is 13.7. The molecule has 7 nitrogen and oxygen atoms in total. The maximum Gasteiger partial charge on any atom is 0.244 e. The molecule has 2 atom stereocenters. The second-order valence-corrected chi connectivity index (χ2v) is 11.8. The van der Waals surface area contributed by atoms with Crippen molar-refractivity contribution < 1.29 is 18.0 Å². The standard InChI is InChI=1S/C24H30BrCl2N3O4S/c1-5-16(3)28-24(32)22(6-2)29(14-19-20(26)8-7-9-21(19)27)23(31)15-30(35(4,33)34)18-12-10-17(25)11-13-18/h7-13,16,22H,5-6,14-15H2,1-4H3,(H,28,32). The number of nitrogens with one attached hydrogen (secondary N) is 1. The summed E-state index contributed by atoms with van der Waals surface area (Å²) in [5.74, 6) is -0.881. The van der Waals surface area contributed by atoms with Gasteiger partial charge in [-0.1, -0.05) is 59.0 Å². The highest BCUT2D eigenvalue weighted by molar-refractivity contribution is 9.10. The first kappa shape index (κ1) is 29.4. The number of carbonyl (C=O) groups is 2. The number of halogens is 3. The van der Waals surface area contributed by atoms with Gasteiger partial charge in [0.2, 0.25) is 21.8 Å². The van der Waals surface area contributed by atoms with Crippen LogP contribution in [0.5, 0.6) is 0 Å². The maximum absolute atomic E-state index is 13.7. The normalized spacial score (nSPS) is 13.1. The number of nitrogens with zero attached hydrogens (tertiary/aromatic N) is 2. The summed E-state index contributed by atoms with van der Waals surface area (Å²) < 4.78 is 27.0. The summed E-state index contributed by atoms with van der Waals surface area (Å²) in [6.45, 7) is 5.07. The van der Waals surface area contributed by atoms with E-state index in [4.69, 9.17) is 23.2 Å². The Morgan fingerprint density at radius 1 is 1.03 bits per heavy atom. The van der Waals surface area contributed by atoms with E-state index in [1.807, 2.05) is 13.8 Å². The molecular weight excluding hydrogens is 577 g/mol.